The Balaban J connectivity index is 1.52. The summed E-state index contributed by atoms with van der Waals surface area (Å²) >= 11 is 8.80. The minimum absolute atomic E-state index is 0.0630. The molecule has 0 aliphatic rings. The Labute approximate surface area is 165 Å². The first-order valence-electron chi connectivity index (χ1n) is 8.21. The summed E-state index contributed by atoms with van der Waals surface area (Å²) in [6.07, 6.45) is 0. The van der Waals surface area contributed by atoms with E-state index in [4.69, 9.17) is 12.2 Å². The van der Waals surface area contributed by atoms with Gasteiger partial charge in [0.2, 0.25) is 5.91 Å². The maximum absolute atomic E-state index is 12.3. The first-order valence-corrected chi connectivity index (χ1v) is 10.7. The number of aryl methyl sites for hydroxylation is 1. The number of benzene rings is 1. The molecule has 0 spiro atoms. The zero-order valence-electron chi connectivity index (χ0n) is 14.4. The van der Waals surface area contributed by atoms with Crippen LogP contribution in [0.5, 0.6) is 0 Å². The van der Waals surface area contributed by atoms with Crippen LogP contribution in [0.4, 0.5) is 0 Å². The predicted octanol–water partition coefficient (Wildman–Crippen LogP) is 4.03. The molecule has 3 aromatic rings. The molecular formula is C18H20N4OS3. The van der Waals surface area contributed by atoms with Crippen LogP contribution in [-0.2, 0) is 17.1 Å². The van der Waals surface area contributed by atoms with Crippen LogP contribution in [0.1, 0.15) is 11.1 Å². The van der Waals surface area contributed by atoms with E-state index in [2.05, 4.69) is 32.3 Å². The first-order chi connectivity index (χ1) is 12.6. The predicted molar refractivity (Wildman–Crippen MR) is 111 cm³/mol. The van der Waals surface area contributed by atoms with Crippen molar-refractivity contribution < 1.29 is 4.79 Å². The summed E-state index contributed by atoms with van der Waals surface area (Å²) in [5, 5.41) is 14.2. The quantitative estimate of drug-likeness (QED) is 0.440. The lowest BCUT2D eigenvalue weighted by Crippen LogP contribution is -2.29. The largest absolute Gasteiger partial charge is 0.354 e. The van der Waals surface area contributed by atoms with Crippen molar-refractivity contribution >= 4 is 41.2 Å². The first kappa shape index (κ1) is 18.9. The smallest absolute Gasteiger partial charge is 0.240 e. The second kappa shape index (κ2) is 9.16. The number of nitrogens with zero attached hydrogens (tertiary/aromatic N) is 2. The summed E-state index contributed by atoms with van der Waals surface area (Å²) in [7, 11) is 0. The van der Waals surface area contributed by atoms with E-state index in [1.165, 1.54) is 11.1 Å². The summed E-state index contributed by atoms with van der Waals surface area (Å²) in [5.41, 5.74) is 3.44. The number of thioether (sulfide) groups is 1. The maximum Gasteiger partial charge on any atom is 0.240 e. The normalized spacial score (nSPS) is 10.8. The fourth-order valence-electron chi connectivity index (χ4n) is 2.41. The van der Waals surface area contributed by atoms with E-state index in [1.807, 2.05) is 43.0 Å². The molecular weight excluding hydrogens is 384 g/mol. The average molecular weight is 405 g/mol. The molecule has 0 radical (unpaired) electrons. The highest BCUT2D eigenvalue weighted by atomic mass is 32.2. The molecule has 0 saturated carbocycles. The van der Waals surface area contributed by atoms with Crippen molar-refractivity contribution in [2.75, 3.05) is 12.3 Å². The van der Waals surface area contributed by atoms with Crippen molar-refractivity contribution in [2.24, 2.45) is 0 Å². The number of nitrogens with one attached hydrogen (secondary N) is 2. The fourth-order valence-corrected chi connectivity index (χ4v) is 4.19. The van der Waals surface area contributed by atoms with Crippen molar-refractivity contribution in [1.29, 1.82) is 0 Å². The SMILES string of the molecule is Cc1ccc(-c2n[nH]c(=S)n2CC(=O)NCCSCc2ccsc2)cc1. The van der Waals surface area contributed by atoms with Crippen LogP contribution in [-0.4, -0.2) is 33.0 Å². The van der Waals surface area contributed by atoms with Gasteiger partial charge >= 0.3 is 0 Å². The Bertz CT molecular complexity index is 897. The summed E-state index contributed by atoms with van der Waals surface area (Å²) in [5.74, 6) is 2.47. The monoisotopic (exact) mass is 404 g/mol. The summed E-state index contributed by atoms with van der Waals surface area (Å²) in [6.45, 7) is 2.83. The van der Waals surface area contributed by atoms with Gasteiger partial charge in [-0.25, -0.2) is 0 Å². The molecule has 1 aromatic carbocycles. The standard InChI is InChI=1S/C18H20N4OS3/c1-13-2-4-15(5-3-13)17-20-21-18(24)22(17)10-16(23)19-7-9-26-12-14-6-8-25-11-14/h2-6,8,11H,7,9-10,12H2,1H3,(H,19,23)(H,21,24). The molecule has 0 bridgehead atoms. The Morgan fingerprint density at radius 2 is 2.15 bits per heavy atom. The molecule has 0 aliphatic heterocycles. The average Bonchev–Trinajstić information content (AvgIpc) is 3.26. The van der Waals surface area contributed by atoms with Gasteiger partial charge in [-0.1, -0.05) is 29.8 Å². The van der Waals surface area contributed by atoms with E-state index >= 15 is 0 Å². The number of carbonyl (C=O) groups excluding carboxylic acids is 1. The van der Waals surface area contributed by atoms with E-state index < -0.39 is 0 Å². The van der Waals surface area contributed by atoms with E-state index in [1.54, 1.807) is 15.9 Å². The van der Waals surface area contributed by atoms with Gasteiger partial charge < -0.3 is 5.32 Å². The van der Waals surface area contributed by atoms with Gasteiger partial charge in [-0.3, -0.25) is 14.5 Å². The third-order valence-corrected chi connectivity index (χ3v) is 5.86. The van der Waals surface area contributed by atoms with Crippen LogP contribution in [0.2, 0.25) is 0 Å². The lowest BCUT2D eigenvalue weighted by molar-refractivity contribution is -0.121. The van der Waals surface area contributed by atoms with Crippen LogP contribution in [0, 0.1) is 11.7 Å². The molecule has 26 heavy (non-hydrogen) atoms. The van der Waals surface area contributed by atoms with Crippen LogP contribution in [0.25, 0.3) is 11.4 Å². The highest BCUT2D eigenvalue weighted by molar-refractivity contribution is 7.98. The number of rotatable bonds is 8. The zero-order valence-corrected chi connectivity index (χ0v) is 16.8. The minimum Gasteiger partial charge on any atom is -0.354 e. The van der Waals surface area contributed by atoms with Crippen LogP contribution < -0.4 is 5.32 Å². The maximum atomic E-state index is 12.3. The molecule has 3 rings (SSSR count). The molecule has 2 heterocycles. The van der Waals surface area contributed by atoms with Gasteiger partial charge in [0.1, 0.15) is 6.54 Å². The molecule has 2 aromatic heterocycles. The number of H-pyrrole nitrogens is 1. The lowest BCUT2D eigenvalue weighted by Gasteiger charge is -2.08. The molecule has 0 saturated heterocycles. The van der Waals surface area contributed by atoms with Gasteiger partial charge in [0.25, 0.3) is 0 Å². The summed E-state index contributed by atoms with van der Waals surface area (Å²) < 4.78 is 2.18. The van der Waals surface area contributed by atoms with E-state index in [0.29, 0.717) is 17.1 Å². The zero-order chi connectivity index (χ0) is 18.4. The lowest BCUT2D eigenvalue weighted by atomic mass is 10.1. The Morgan fingerprint density at radius 3 is 2.88 bits per heavy atom. The number of amides is 1. The number of carbonyl (C=O) groups is 1. The topological polar surface area (TPSA) is 62.7 Å². The van der Waals surface area contributed by atoms with E-state index in [0.717, 1.165) is 17.1 Å². The number of thiophene rings is 1. The Morgan fingerprint density at radius 1 is 1.35 bits per heavy atom. The minimum atomic E-state index is -0.0630. The Hall–Kier alpha value is -1.90. The molecule has 0 unspecified atom stereocenters. The molecule has 1 amide bonds. The molecule has 2 N–H and O–H groups in total. The van der Waals surface area contributed by atoms with Gasteiger partial charge in [0.15, 0.2) is 10.6 Å². The van der Waals surface area contributed by atoms with Crippen molar-refractivity contribution in [3.05, 3.63) is 57.0 Å². The molecule has 0 atom stereocenters. The second-order valence-corrected chi connectivity index (χ2v) is 8.11. The second-order valence-electron chi connectivity index (χ2n) is 5.84. The van der Waals surface area contributed by atoms with Crippen LogP contribution in [0.15, 0.2) is 41.1 Å². The Kier molecular flexibility index (Phi) is 6.65. The molecule has 136 valence electrons. The van der Waals surface area contributed by atoms with Crippen molar-refractivity contribution in [2.45, 2.75) is 19.2 Å². The van der Waals surface area contributed by atoms with Gasteiger partial charge in [-0.2, -0.15) is 28.2 Å². The van der Waals surface area contributed by atoms with Gasteiger partial charge in [0, 0.05) is 23.6 Å². The number of hydrogen-bond donors (Lipinski definition) is 2. The van der Waals surface area contributed by atoms with Crippen molar-refractivity contribution in [3.8, 4) is 11.4 Å². The van der Waals surface area contributed by atoms with E-state index in [9.17, 15) is 4.79 Å². The van der Waals surface area contributed by atoms with E-state index in [-0.39, 0.29) is 12.5 Å². The third kappa shape index (κ3) is 5.06. The number of aromatic nitrogens is 3. The molecule has 0 fully saturated rings. The number of aromatic amines is 1. The molecule has 0 aliphatic carbocycles. The fraction of sp³-hybridized carbons (Fsp3) is 0.278. The number of hydrogen-bond acceptors (Lipinski definition) is 5. The van der Waals surface area contributed by atoms with Crippen LogP contribution >= 0.6 is 35.3 Å². The van der Waals surface area contributed by atoms with Crippen molar-refractivity contribution in [3.63, 3.8) is 0 Å². The third-order valence-electron chi connectivity index (χ3n) is 3.79. The summed E-state index contributed by atoms with van der Waals surface area (Å²) in [4.78, 5) is 12.3. The summed E-state index contributed by atoms with van der Waals surface area (Å²) in [6, 6.07) is 10.1. The molecule has 8 heteroatoms. The van der Waals surface area contributed by atoms with Gasteiger partial charge in [0.05, 0.1) is 0 Å². The highest BCUT2D eigenvalue weighted by Gasteiger charge is 2.12. The van der Waals surface area contributed by atoms with Gasteiger partial charge in [-0.15, -0.1) is 0 Å². The highest BCUT2D eigenvalue weighted by Crippen LogP contribution is 2.18. The molecule has 5 nitrogen and oxygen atoms in total. The van der Waals surface area contributed by atoms with Gasteiger partial charge in [-0.05, 0) is 41.5 Å². The van der Waals surface area contributed by atoms with Crippen molar-refractivity contribution in [1.82, 2.24) is 20.1 Å². The van der Waals surface area contributed by atoms with Crippen LogP contribution in [0.3, 0.4) is 0 Å².